The maximum atomic E-state index is 12.3. The number of carbonyl (C=O) groups is 1. The topological polar surface area (TPSA) is 74.8 Å². The van der Waals surface area contributed by atoms with Crippen LogP contribution in [-0.2, 0) is 16.1 Å². The predicted octanol–water partition coefficient (Wildman–Crippen LogP) is 3.28. The van der Waals surface area contributed by atoms with Crippen LogP contribution in [0.1, 0.15) is 44.1 Å². The lowest BCUT2D eigenvalue weighted by molar-refractivity contribution is -0.119. The zero-order chi connectivity index (χ0) is 18.2. The third-order valence-electron chi connectivity index (χ3n) is 5.13. The van der Waals surface area contributed by atoms with Crippen LogP contribution in [0.15, 0.2) is 29.3 Å². The molecular formula is C20H31IN4O2. The molecule has 1 amide bonds. The molecule has 1 aliphatic heterocycles. The van der Waals surface area contributed by atoms with Crippen molar-refractivity contribution in [3.63, 3.8) is 0 Å². The van der Waals surface area contributed by atoms with Crippen LogP contribution in [0.3, 0.4) is 0 Å². The van der Waals surface area contributed by atoms with Gasteiger partial charge in [-0.2, -0.15) is 0 Å². The minimum absolute atomic E-state index is 0. The van der Waals surface area contributed by atoms with E-state index in [4.69, 9.17) is 4.74 Å². The number of nitrogens with one attached hydrogen (secondary N) is 3. The first kappa shape index (κ1) is 21.9. The van der Waals surface area contributed by atoms with Gasteiger partial charge in [-0.1, -0.05) is 25.0 Å². The molecule has 150 valence electrons. The first-order chi connectivity index (χ1) is 12.7. The Bertz CT molecular complexity index is 626. The quantitative estimate of drug-likeness (QED) is 0.328. The molecule has 2 aliphatic rings. The van der Waals surface area contributed by atoms with Gasteiger partial charge in [0.25, 0.3) is 0 Å². The zero-order valence-corrected chi connectivity index (χ0v) is 18.3. The molecule has 1 aromatic rings. The molecule has 0 spiro atoms. The van der Waals surface area contributed by atoms with Crippen molar-refractivity contribution >= 4 is 41.5 Å². The summed E-state index contributed by atoms with van der Waals surface area (Å²) < 4.78 is 5.62. The fraction of sp³-hybridized carbons (Fsp3) is 0.600. The molecule has 0 radical (unpaired) electrons. The number of rotatable bonds is 6. The van der Waals surface area contributed by atoms with E-state index in [1.165, 1.54) is 12.8 Å². The van der Waals surface area contributed by atoms with Gasteiger partial charge in [-0.25, -0.2) is 0 Å². The molecule has 6 nitrogen and oxygen atoms in total. The van der Waals surface area contributed by atoms with Crippen LogP contribution in [0.2, 0.25) is 0 Å². The van der Waals surface area contributed by atoms with Crippen LogP contribution >= 0.6 is 24.0 Å². The third kappa shape index (κ3) is 6.95. The van der Waals surface area contributed by atoms with Crippen molar-refractivity contribution < 1.29 is 9.53 Å². The van der Waals surface area contributed by atoms with Crippen LogP contribution in [0.4, 0.5) is 5.69 Å². The molecule has 7 heteroatoms. The summed E-state index contributed by atoms with van der Waals surface area (Å²) in [6.07, 6.45) is 6.88. The van der Waals surface area contributed by atoms with Gasteiger partial charge in [-0.05, 0) is 43.4 Å². The number of halogens is 1. The Morgan fingerprint density at radius 2 is 2.00 bits per heavy atom. The Morgan fingerprint density at radius 3 is 2.70 bits per heavy atom. The van der Waals surface area contributed by atoms with E-state index in [2.05, 4.69) is 20.9 Å². The van der Waals surface area contributed by atoms with Crippen molar-refractivity contribution in [2.75, 3.05) is 25.5 Å². The Morgan fingerprint density at radius 1 is 1.19 bits per heavy atom. The predicted molar refractivity (Wildman–Crippen MR) is 120 cm³/mol. The number of ether oxygens (including phenoxy) is 1. The van der Waals surface area contributed by atoms with E-state index >= 15 is 0 Å². The van der Waals surface area contributed by atoms with Crippen molar-refractivity contribution in [2.45, 2.75) is 51.2 Å². The van der Waals surface area contributed by atoms with E-state index < -0.39 is 0 Å². The summed E-state index contributed by atoms with van der Waals surface area (Å²) in [5.41, 5.74) is 1.97. The fourth-order valence-electron chi connectivity index (χ4n) is 3.61. The van der Waals surface area contributed by atoms with E-state index in [1.807, 2.05) is 24.3 Å². The lowest BCUT2D eigenvalue weighted by atomic mass is 10.1. The van der Waals surface area contributed by atoms with Crippen LogP contribution in [-0.4, -0.2) is 38.2 Å². The highest BCUT2D eigenvalue weighted by Crippen LogP contribution is 2.26. The molecule has 0 bridgehead atoms. The van der Waals surface area contributed by atoms with E-state index in [1.54, 1.807) is 7.05 Å². The lowest BCUT2D eigenvalue weighted by Gasteiger charge is -2.15. The molecule has 2 fully saturated rings. The first-order valence-electron chi connectivity index (χ1n) is 9.70. The van der Waals surface area contributed by atoms with E-state index in [0.29, 0.717) is 6.54 Å². The SMILES string of the molecule is CN=C(NCc1cccc(NC(=O)C2CCCC2)c1)NCC1CCCO1.I. The van der Waals surface area contributed by atoms with Gasteiger partial charge in [0.15, 0.2) is 5.96 Å². The highest BCUT2D eigenvalue weighted by atomic mass is 127. The number of hydrogen-bond acceptors (Lipinski definition) is 3. The molecule has 3 rings (SSSR count). The normalized spacial score (nSPS) is 20.2. The van der Waals surface area contributed by atoms with Crippen molar-refractivity contribution in [3.8, 4) is 0 Å². The number of hydrogen-bond donors (Lipinski definition) is 3. The molecule has 1 aliphatic carbocycles. The Labute approximate surface area is 178 Å². The Kier molecular flexibility index (Phi) is 9.33. The number of carbonyl (C=O) groups excluding carboxylic acids is 1. The summed E-state index contributed by atoms with van der Waals surface area (Å²) in [4.78, 5) is 16.5. The monoisotopic (exact) mass is 486 g/mol. The zero-order valence-electron chi connectivity index (χ0n) is 16.0. The second kappa shape index (κ2) is 11.5. The smallest absolute Gasteiger partial charge is 0.227 e. The molecule has 3 N–H and O–H groups in total. The minimum atomic E-state index is 0. The lowest BCUT2D eigenvalue weighted by Crippen LogP contribution is -2.40. The van der Waals surface area contributed by atoms with Crippen molar-refractivity contribution in [2.24, 2.45) is 10.9 Å². The first-order valence-corrected chi connectivity index (χ1v) is 9.70. The van der Waals surface area contributed by atoms with Crippen LogP contribution in [0.25, 0.3) is 0 Å². The van der Waals surface area contributed by atoms with Crippen molar-refractivity contribution in [3.05, 3.63) is 29.8 Å². The Hall–Kier alpha value is -1.35. The van der Waals surface area contributed by atoms with Gasteiger partial charge in [0.1, 0.15) is 0 Å². The maximum absolute atomic E-state index is 12.3. The van der Waals surface area contributed by atoms with E-state index in [-0.39, 0.29) is 41.9 Å². The fourth-order valence-corrected chi connectivity index (χ4v) is 3.61. The summed E-state index contributed by atoms with van der Waals surface area (Å²) in [5.74, 6) is 1.10. The minimum Gasteiger partial charge on any atom is -0.376 e. The number of aliphatic imine (C=N–C) groups is 1. The second-order valence-electron chi connectivity index (χ2n) is 7.11. The average molecular weight is 486 g/mol. The second-order valence-corrected chi connectivity index (χ2v) is 7.11. The summed E-state index contributed by atoms with van der Waals surface area (Å²) in [6.45, 7) is 2.28. The van der Waals surface area contributed by atoms with Crippen molar-refractivity contribution in [1.82, 2.24) is 10.6 Å². The molecule has 1 heterocycles. The summed E-state index contributed by atoms with van der Waals surface area (Å²) in [6, 6.07) is 7.99. The van der Waals surface area contributed by atoms with E-state index in [0.717, 1.165) is 56.0 Å². The molecule has 1 unspecified atom stereocenters. The molecule has 0 aromatic heterocycles. The van der Waals surface area contributed by atoms with Crippen LogP contribution < -0.4 is 16.0 Å². The highest BCUT2D eigenvalue weighted by molar-refractivity contribution is 14.0. The molecule has 1 saturated carbocycles. The number of guanidine groups is 1. The maximum Gasteiger partial charge on any atom is 0.227 e. The molecular weight excluding hydrogens is 455 g/mol. The van der Waals surface area contributed by atoms with Gasteiger partial charge in [0, 0.05) is 38.3 Å². The largest absolute Gasteiger partial charge is 0.376 e. The summed E-state index contributed by atoms with van der Waals surface area (Å²) >= 11 is 0. The van der Waals surface area contributed by atoms with Gasteiger partial charge in [-0.15, -0.1) is 24.0 Å². The highest BCUT2D eigenvalue weighted by Gasteiger charge is 2.22. The van der Waals surface area contributed by atoms with Gasteiger partial charge in [0.05, 0.1) is 6.10 Å². The average Bonchev–Trinajstić information content (AvgIpc) is 3.36. The summed E-state index contributed by atoms with van der Waals surface area (Å²) in [7, 11) is 1.77. The molecule has 27 heavy (non-hydrogen) atoms. The van der Waals surface area contributed by atoms with E-state index in [9.17, 15) is 4.79 Å². The van der Waals surface area contributed by atoms with Crippen LogP contribution in [0, 0.1) is 5.92 Å². The number of nitrogens with zero attached hydrogens (tertiary/aromatic N) is 1. The number of benzene rings is 1. The van der Waals surface area contributed by atoms with Gasteiger partial charge >= 0.3 is 0 Å². The van der Waals surface area contributed by atoms with Gasteiger partial charge in [0.2, 0.25) is 5.91 Å². The molecule has 1 atom stereocenters. The standard InChI is InChI=1S/C20H30N4O2.HI/c1-21-20(23-14-18-10-5-11-26-18)22-13-15-6-4-9-17(12-15)24-19(25)16-7-2-3-8-16;/h4,6,9,12,16,18H,2-3,5,7-8,10-11,13-14H2,1H3,(H,24,25)(H2,21,22,23);1H. The Balaban J connectivity index is 0.00000261. The van der Waals surface area contributed by atoms with Gasteiger partial charge < -0.3 is 20.7 Å². The third-order valence-corrected chi connectivity index (χ3v) is 5.13. The van der Waals surface area contributed by atoms with Gasteiger partial charge in [-0.3, -0.25) is 9.79 Å². The molecule has 1 saturated heterocycles. The number of amides is 1. The summed E-state index contributed by atoms with van der Waals surface area (Å²) in [5, 5.41) is 9.68. The molecule has 1 aromatic carbocycles. The van der Waals surface area contributed by atoms with Crippen molar-refractivity contribution in [1.29, 1.82) is 0 Å². The number of anilines is 1. The van der Waals surface area contributed by atoms with Crippen LogP contribution in [0.5, 0.6) is 0 Å².